The molecule has 1 aromatic heterocycles. The van der Waals surface area contributed by atoms with Crippen LogP contribution in [0.25, 0.3) is 0 Å². The first kappa shape index (κ1) is 14.8. The molecule has 21 heavy (non-hydrogen) atoms. The van der Waals surface area contributed by atoms with E-state index in [0.717, 1.165) is 11.1 Å². The Balaban J connectivity index is 2.19. The maximum absolute atomic E-state index is 12.1. The summed E-state index contributed by atoms with van der Waals surface area (Å²) in [4.78, 5) is 39.5. The number of carbonyl (C=O) groups is 1. The molecule has 0 bridgehead atoms. The number of rotatable bonds is 3. The van der Waals surface area contributed by atoms with E-state index in [0.29, 0.717) is 11.4 Å². The Hall–Kier alpha value is -2.63. The minimum atomic E-state index is -0.573. The van der Waals surface area contributed by atoms with Crippen LogP contribution >= 0.6 is 0 Å². The maximum Gasteiger partial charge on any atom is 0.325 e. The molecule has 1 amide bonds. The first-order chi connectivity index (χ1) is 9.86. The van der Waals surface area contributed by atoms with Crippen LogP contribution in [0.1, 0.15) is 22.4 Å². The molecule has 0 spiro atoms. The zero-order valence-corrected chi connectivity index (χ0v) is 12.2. The summed E-state index contributed by atoms with van der Waals surface area (Å²) >= 11 is 0. The van der Waals surface area contributed by atoms with Gasteiger partial charge >= 0.3 is 5.69 Å². The maximum atomic E-state index is 12.1. The van der Waals surface area contributed by atoms with Crippen LogP contribution in [0.2, 0.25) is 0 Å². The lowest BCUT2D eigenvalue weighted by Crippen LogP contribution is -2.29. The average molecular weight is 287 g/mol. The van der Waals surface area contributed by atoms with Gasteiger partial charge in [-0.1, -0.05) is 17.7 Å². The molecule has 0 aliphatic rings. The van der Waals surface area contributed by atoms with Gasteiger partial charge in [0.2, 0.25) is 5.91 Å². The molecule has 6 heteroatoms. The molecule has 0 aliphatic heterocycles. The number of carbonyl (C=O) groups excluding carboxylic acids is 1. The number of aromatic amines is 2. The van der Waals surface area contributed by atoms with Gasteiger partial charge in [-0.15, -0.1) is 0 Å². The van der Waals surface area contributed by atoms with E-state index in [9.17, 15) is 14.4 Å². The van der Waals surface area contributed by atoms with E-state index in [1.807, 2.05) is 32.0 Å². The van der Waals surface area contributed by atoms with Gasteiger partial charge < -0.3 is 10.3 Å². The van der Waals surface area contributed by atoms with E-state index in [1.54, 1.807) is 6.92 Å². The normalized spacial score (nSPS) is 10.4. The highest BCUT2D eigenvalue weighted by Crippen LogP contribution is 2.16. The molecule has 0 unspecified atom stereocenters. The number of hydrogen-bond donors (Lipinski definition) is 3. The third-order valence-corrected chi connectivity index (χ3v) is 3.25. The fourth-order valence-corrected chi connectivity index (χ4v) is 2.15. The summed E-state index contributed by atoms with van der Waals surface area (Å²) in [5.41, 5.74) is 2.33. The van der Waals surface area contributed by atoms with Crippen molar-refractivity contribution in [3.63, 3.8) is 0 Å². The summed E-state index contributed by atoms with van der Waals surface area (Å²) in [6.07, 6.45) is -0.0920. The molecule has 0 fully saturated rings. The first-order valence-electron chi connectivity index (χ1n) is 6.56. The largest absolute Gasteiger partial charge is 0.326 e. The molecular weight excluding hydrogens is 270 g/mol. The van der Waals surface area contributed by atoms with E-state index in [2.05, 4.69) is 15.3 Å². The lowest BCUT2D eigenvalue weighted by Gasteiger charge is -2.09. The fourth-order valence-electron chi connectivity index (χ4n) is 2.15. The van der Waals surface area contributed by atoms with Crippen molar-refractivity contribution in [2.45, 2.75) is 27.2 Å². The Morgan fingerprint density at radius 3 is 2.48 bits per heavy atom. The quantitative estimate of drug-likeness (QED) is 0.790. The summed E-state index contributed by atoms with van der Waals surface area (Å²) in [5.74, 6) is -0.303. The molecule has 0 radical (unpaired) electrons. The van der Waals surface area contributed by atoms with Crippen molar-refractivity contribution in [2.75, 3.05) is 5.32 Å². The molecular formula is C15H17N3O3. The van der Waals surface area contributed by atoms with Crippen LogP contribution in [-0.4, -0.2) is 15.9 Å². The average Bonchev–Trinajstić information content (AvgIpc) is 2.37. The van der Waals surface area contributed by atoms with Gasteiger partial charge in [-0.2, -0.15) is 0 Å². The number of nitrogens with one attached hydrogen (secondary N) is 3. The van der Waals surface area contributed by atoms with Crippen molar-refractivity contribution in [3.8, 4) is 0 Å². The van der Waals surface area contributed by atoms with Crippen molar-refractivity contribution in [1.82, 2.24) is 9.97 Å². The molecule has 1 heterocycles. The molecule has 1 aromatic carbocycles. The van der Waals surface area contributed by atoms with Crippen LogP contribution in [0.4, 0.5) is 5.69 Å². The van der Waals surface area contributed by atoms with Crippen LogP contribution in [-0.2, 0) is 11.2 Å². The zero-order valence-electron chi connectivity index (χ0n) is 12.2. The summed E-state index contributed by atoms with van der Waals surface area (Å²) in [7, 11) is 0. The van der Waals surface area contributed by atoms with Crippen molar-refractivity contribution < 1.29 is 4.79 Å². The van der Waals surface area contributed by atoms with Gasteiger partial charge in [0.15, 0.2) is 0 Å². The van der Waals surface area contributed by atoms with E-state index in [4.69, 9.17) is 0 Å². The highest BCUT2D eigenvalue weighted by Gasteiger charge is 2.12. The van der Waals surface area contributed by atoms with Crippen molar-refractivity contribution in [3.05, 3.63) is 61.4 Å². The molecule has 2 aromatic rings. The molecule has 2 rings (SSSR count). The van der Waals surface area contributed by atoms with Crippen molar-refractivity contribution >= 4 is 11.6 Å². The third-order valence-electron chi connectivity index (χ3n) is 3.25. The minimum Gasteiger partial charge on any atom is -0.326 e. The Labute approximate surface area is 121 Å². The lowest BCUT2D eigenvalue weighted by molar-refractivity contribution is -0.115. The molecule has 0 atom stereocenters. The number of benzene rings is 1. The molecule has 0 aliphatic carbocycles. The second-order valence-corrected chi connectivity index (χ2v) is 5.06. The standard InChI is InChI=1S/C15H17N3O3/c1-8-4-5-12(9(2)6-8)17-13(19)7-11-10(3)16-15(21)18-14(11)20/h4-6H,7H2,1-3H3,(H,17,19)(H2,16,18,20,21). The smallest absolute Gasteiger partial charge is 0.325 e. The Kier molecular flexibility index (Phi) is 4.07. The van der Waals surface area contributed by atoms with Gasteiger partial charge in [-0.05, 0) is 32.4 Å². The van der Waals surface area contributed by atoms with Gasteiger partial charge in [-0.25, -0.2) is 4.79 Å². The minimum absolute atomic E-state index is 0.0920. The monoisotopic (exact) mass is 287 g/mol. The van der Waals surface area contributed by atoms with Crippen LogP contribution in [0.3, 0.4) is 0 Å². The fraction of sp³-hybridized carbons (Fsp3) is 0.267. The van der Waals surface area contributed by atoms with E-state index >= 15 is 0 Å². The van der Waals surface area contributed by atoms with Gasteiger partial charge in [0.1, 0.15) is 0 Å². The number of anilines is 1. The van der Waals surface area contributed by atoms with Crippen LogP contribution in [0, 0.1) is 20.8 Å². The number of hydrogen-bond acceptors (Lipinski definition) is 3. The zero-order chi connectivity index (χ0) is 15.6. The van der Waals surface area contributed by atoms with E-state index in [-0.39, 0.29) is 17.9 Å². The van der Waals surface area contributed by atoms with Crippen LogP contribution < -0.4 is 16.6 Å². The lowest BCUT2D eigenvalue weighted by atomic mass is 10.1. The first-order valence-corrected chi connectivity index (χ1v) is 6.56. The summed E-state index contributed by atoms with van der Waals surface area (Å²) < 4.78 is 0. The number of aryl methyl sites for hydroxylation is 3. The predicted molar refractivity (Wildman–Crippen MR) is 80.7 cm³/mol. The Morgan fingerprint density at radius 1 is 1.14 bits per heavy atom. The Morgan fingerprint density at radius 2 is 1.86 bits per heavy atom. The third kappa shape index (κ3) is 3.47. The van der Waals surface area contributed by atoms with Crippen LogP contribution in [0.15, 0.2) is 27.8 Å². The summed E-state index contributed by atoms with van der Waals surface area (Å²) in [5, 5.41) is 2.77. The predicted octanol–water partition coefficient (Wildman–Crippen LogP) is 1.17. The van der Waals surface area contributed by atoms with Crippen LogP contribution in [0.5, 0.6) is 0 Å². The second-order valence-electron chi connectivity index (χ2n) is 5.06. The summed E-state index contributed by atoms with van der Waals surface area (Å²) in [6, 6.07) is 5.70. The molecule has 110 valence electrons. The van der Waals surface area contributed by atoms with Crippen molar-refractivity contribution in [1.29, 1.82) is 0 Å². The summed E-state index contributed by atoms with van der Waals surface area (Å²) in [6.45, 7) is 5.47. The van der Waals surface area contributed by atoms with Gasteiger partial charge in [-0.3, -0.25) is 14.6 Å². The van der Waals surface area contributed by atoms with Gasteiger partial charge in [0.25, 0.3) is 5.56 Å². The van der Waals surface area contributed by atoms with E-state index in [1.165, 1.54) is 0 Å². The molecule has 0 saturated carbocycles. The van der Waals surface area contributed by atoms with Gasteiger partial charge in [0.05, 0.1) is 6.42 Å². The number of aromatic nitrogens is 2. The molecule has 0 saturated heterocycles. The van der Waals surface area contributed by atoms with Gasteiger partial charge in [0, 0.05) is 16.9 Å². The second kappa shape index (κ2) is 5.78. The molecule has 6 nitrogen and oxygen atoms in total. The highest BCUT2D eigenvalue weighted by atomic mass is 16.2. The topological polar surface area (TPSA) is 94.8 Å². The van der Waals surface area contributed by atoms with E-state index < -0.39 is 11.2 Å². The van der Waals surface area contributed by atoms with Crippen molar-refractivity contribution in [2.24, 2.45) is 0 Å². The Bertz CT molecular complexity index is 803. The number of H-pyrrole nitrogens is 2. The SMILES string of the molecule is Cc1ccc(NC(=O)Cc2c(C)[nH]c(=O)[nH]c2=O)c(C)c1. The highest BCUT2D eigenvalue weighted by molar-refractivity contribution is 5.93. The number of amides is 1. The molecule has 3 N–H and O–H groups in total.